The van der Waals surface area contributed by atoms with E-state index in [1.165, 1.54) is 22.1 Å². The number of aryl methyl sites for hydroxylation is 3. The van der Waals surface area contributed by atoms with Crippen LogP contribution in [0.25, 0.3) is 11.0 Å². The smallest absolute Gasteiger partial charge is 0.170 e. The number of hydrogen-bond donors (Lipinski definition) is 0. The summed E-state index contributed by atoms with van der Waals surface area (Å²) in [5, 5.41) is 1.18. The highest BCUT2D eigenvalue weighted by molar-refractivity contribution is 5.84. The zero-order valence-electron chi connectivity index (χ0n) is 7.56. The Bertz CT molecular complexity index is 424. The van der Waals surface area contributed by atoms with Crippen molar-refractivity contribution in [3.63, 3.8) is 0 Å². The molecule has 2 aromatic rings. The molecular weight excluding hydrogens is 148 g/mol. The van der Waals surface area contributed by atoms with Gasteiger partial charge < -0.3 is 4.42 Å². The number of hydrogen-bond acceptors (Lipinski definition) is 1. The quantitative estimate of drug-likeness (QED) is 0.575. The number of fused-ring (bicyclic) bond motifs is 1. The maximum atomic E-state index is 5.29. The summed E-state index contributed by atoms with van der Waals surface area (Å²) >= 11 is 0. The molecule has 1 aromatic heterocycles. The maximum Gasteiger partial charge on any atom is 0.170 e. The fourth-order valence-corrected chi connectivity index (χ4v) is 1.53. The van der Waals surface area contributed by atoms with Crippen LogP contribution in [0.2, 0.25) is 0 Å². The van der Waals surface area contributed by atoms with Crippen LogP contribution in [-0.2, 0) is 0 Å². The van der Waals surface area contributed by atoms with Crippen molar-refractivity contribution in [2.75, 3.05) is 0 Å². The third-order valence-corrected chi connectivity index (χ3v) is 2.40. The lowest BCUT2D eigenvalue weighted by molar-refractivity contribution is 0.603. The second-order valence-electron chi connectivity index (χ2n) is 3.24. The molecular formula is C11H11O. The van der Waals surface area contributed by atoms with Gasteiger partial charge in [0, 0.05) is 5.39 Å². The van der Waals surface area contributed by atoms with Crippen molar-refractivity contribution in [2.24, 2.45) is 0 Å². The van der Waals surface area contributed by atoms with E-state index in [9.17, 15) is 0 Å². The Morgan fingerprint density at radius 1 is 1.17 bits per heavy atom. The van der Waals surface area contributed by atoms with Gasteiger partial charge in [0.15, 0.2) is 6.26 Å². The van der Waals surface area contributed by atoms with Gasteiger partial charge in [-0.2, -0.15) is 0 Å². The molecule has 0 saturated carbocycles. The number of rotatable bonds is 0. The second kappa shape index (κ2) is 2.37. The summed E-state index contributed by atoms with van der Waals surface area (Å²) in [6.45, 7) is 6.27. The molecule has 0 spiro atoms. The topological polar surface area (TPSA) is 13.1 Å². The van der Waals surface area contributed by atoms with Gasteiger partial charge in [0.1, 0.15) is 5.58 Å². The van der Waals surface area contributed by atoms with Gasteiger partial charge >= 0.3 is 0 Å². The number of furan rings is 1. The lowest BCUT2D eigenvalue weighted by Crippen LogP contribution is -1.83. The van der Waals surface area contributed by atoms with Gasteiger partial charge in [-0.15, -0.1) is 0 Å². The predicted octanol–water partition coefficient (Wildman–Crippen LogP) is 3.16. The third-order valence-electron chi connectivity index (χ3n) is 2.40. The van der Waals surface area contributed by atoms with Gasteiger partial charge in [0.2, 0.25) is 0 Å². The molecule has 0 fully saturated rings. The molecule has 0 atom stereocenters. The first-order valence-corrected chi connectivity index (χ1v) is 4.06. The van der Waals surface area contributed by atoms with Gasteiger partial charge in [-0.3, -0.25) is 0 Å². The molecule has 0 amide bonds. The summed E-state index contributed by atoms with van der Waals surface area (Å²) in [7, 11) is 0. The molecule has 61 valence electrons. The van der Waals surface area contributed by atoms with E-state index in [1.54, 1.807) is 0 Å². The fraction of sp³-hybridized carbons (Fsp3) is 0.273. The molecule has 0 saturated heterocycles. The van der Waals surface area contributed by atoms with Crippen LogP contribution in [0.5, 0.6) is 0 Å². The Kier molecular flexibility index (Phi) is 1.47. The minimum Gasteiger partial charge on any atom is -0.452 e. The third kappa shape index (κ3) is 0.860. The van der Waals surface area contributed by atoms with Gasteiger partial charge in [-0.05, 0) is 43.5 Å². The zero-order chi connectivity index (χ0) is 8.72. The molecule has 0 aliphatic heterocycles. The van der Waals surface area contributed by atoms with Crippen molar-refractivity contribution in [1.29, 1.82) is 0 Å². The molecule has 1 heteroatoms. The Labute approximate surface area is 72.0 Å². The normalized spacial score (nSPS) is 10.9. The molecule has 0 bridgehead atoms. The molecule has 1 nitrogen and oxygen atoms in total. The highest BCUT2D eigenvalue weighted by Gasteiger charge is 2.05. The summed E-state index contributed by atoms with van der Waals surface area (Å²) in [6, 6.07) is 4.08. The van der Waals surface area contributed by atoms with Crippen LogP contribution in [0.15, 0.2) is 16.5 Å². The molecule has 2 rings (SSSR count). The van der Waals surface area contributed by atoms with E-state index in [-0.39, 0.29) is 0 Å². The van der Waals surface area contributed by atoms with E-state index < -0.39 is 0 Å². The van der Waals surface area contributed by atoms with Crippen molar-refractivity contribution >= 4 is 11.0 Å². The molecule has 0 aliphatic rings. The molecule has 0 aliphatic carbocycles. The van der Waals surface area contributed by atoms with E-state index in [1.807, 2.05) is 6.07 Å². The van der Waals surface area contributed by atoms with Crippen molar-refractivity contribution in [1.82, 2.24) is 0 Å². The lowest BCUT2D eigenvalue weighted by atomic mass is 10.0. The van der Waals surface area contributed by atoms with E-state index in [4.69, 9.17) is 4.42 Å². The largest absolute Gasteiger partial charge is 0.452 e. The summed E-state index contributed by atoms with van der Waals surface area (Å²) in [6.07, 6.45) is 2.77. The highest BCUT2D eigenvalue weighted by Crippen LogP contribution is 2.25. The van der Waals surface area contributed by atoms with Crippen LogP contribution >= 0.6 is 0 Å². The Morgan fingerprint density at radius 2 is 1.92 bits per heavy atom. The Morgan fingerprint density at radius 3 is 2.67 bits per heavy atom. The highest BCUT2D eigenvalue weighted by atomic mass is 16.3. The summed E-state index contributed by atoms with van der Waals surface area (Å²) in [4.78, 5) is 0. The van der Waals surface area contributed by atoms with Crippen LogP contribution in [0.1, 0.15) is 16.7 Å². The van der Waals surface area contributed by atoms with Gasteiger partial charge in [0.25, 0.3) is 0 Å². The van der Waals surface area contributed by atoms with E-state index in [0.717, 1.165) is 5.58 Å². The minimum absolute atomic E-state index is 0.979. The van der Waals surface area contributed by atoms with Crippen LogP contribution in [0, 0.1) is 27.0 Å². The monoisotopic (exact) mass is 159 g/mol. The maximum absolute atomic E-state index is 5.29. The van der Waals surface area contributed by atoms with Crippen LogP contribution < -0.4 is 0 Å². The molecule has 1 radical (unpaired) electrons. The molecule has 0 N–H and O–H groups in total. The predicted molar refractivity (Wildman–Crippen MR) is 49.3 cm³/mol. The number of benzene rings is 1. The van der Waals surface area contributed by atoms with Gasteiger partial charge in [-0.25, -0.2) is 0 Å². The Hall–Kier alpha value is -1.24. The zero-order valence-corrected chi connectivity index (χ0v) is 7.56. The van der Waals surface area contributed by atoms with Crippen molar-refractivity contribution < 1.29 is 4.42 Å². The first kappa shape index (κ1) is 7.41. The molecule has 1 aromatic carbocycles. The van der Waals surface area contributed by atoms with Gasteiger partial charge in [0.05, 0.1) is 0 Å². The summed E-state index contributed by atoms with van der Waals surface area (Å²) in [5.74, 6) is 0. The van der Waals surface area contributed by atoms with Crippen molar-refractivity contribution in [3.05, 3.63) is 35.1 Å². The average molecular weight is 159 g/mol. The molecule has 1 heterocycles. The van der Waals surface area contributed by atoms with Crippen molar-refractivity contribution in [2.45, 2.75) is 20.8 Å². The molecule has 0 unspecified atom stereocenters. The standard InChI is InChI=1S/C11H11O/c1-7-6-8(2)10-4-5-12-11(10)9(7)3/h4,6H,1-3H3. The average Bonchev–Trinajstić information content (AvgIpc) is 2.48. The van der Waals surface area contributed by atoms with Crippen molar-refractivity contribution in [3.8, 4) is 0 Å². The summed E-state index contributed by atoms with van der Waals surface area (Å²) < 4.78 is 5.29. The Balaban J connectivity index is 2.97. The van der Waals surface area contributed by atoms with Gasteiger partial charge in [-0.1, -0.05) is 6.07 Å². The van der Waals surface area contributed by atoms with Crippen LogP contribution in [-0.4, -0.2) is 0 Å². The summed E-state index contributed by atoms with van der Waals surface area (Å²) in [5.41, 5.74) is 4.74. The van der Waals surface area contributed by atoms with Crippen LogP contribution in [0.4, 0.5) is 0 Å². The SMILES string of the molecule is Cc1cc(C)c2c[c]oc2c1C. The van der Waals surface area contributed by atoms with E-state index >= 15 is 0 Å². The fourth-order valence-electron chi connectivity index (χ4n) is 1.53. The minimum atomic E-state index is 0.979. The second-order valence-corrected chi connectivity index (χ2v) is 3.24. The van der Waals surface area contributed by atoms with Crippen LogP contribution in [0.3, 0.4) is 0 Å². The lowest BCUT2D eigenvalue weighted by Gasteiger charge is -2.02. The van der Waals surface area contributed by atoms with E-state index in [0.29, 0.717) is 0 Å². The molecule has 12 heavy (non-hydrogen) atoms. The first-order chi connectivity index (χ1) is 5.70. The first-order valence-electron chi connectivity index (χ1n) is 4.06. The van der Waals surface area contributed by atoms with E-state index in [2.05, 4.69) is 33.1 Å².